The first-order chi connectivity index (χ1) is 13.1. The van der Waals surface area contributed by atoms with Crippen LogP contribution in [0.25, 0.3) is 0 Å². The van der Waals surface area contributed by atoms with Crippen LogP contribution in [-0.2, 0) is 9.59 Å². The van der Waals surface area contributed by atoms with Crippen molar-refractivity contribution in [2.45, 2.75) is 41.5 Å². The maximum Gasteiger partial charge on any atom is 0.232 e. The fourth-order valence-electron chi connectivity index (χ4n) is 4.11. The van der Waals surface area contributed by atoms with Crippen LogP contribution in [0, 0.1) is 53.4 Å². The van der Waals surface area contributed by atoms with Gasteiger partial charge in [0.25, 0.3) is 0 Å². The van der Waals surface area contributed by atoms with E-state index in [-0.39, 0.29) is 11.8 Å². The zero-order valence-electron chi connectivity index (χ0n) is 17.5. The minimum absolute atomic E-state index is 0.169. The van der Waals surface area contributed by atoms with E-state index < -0.39 is 11.8 Å². The lowest BCUT2D eigenvalue weighted by Crippen LogP contribution is -2.22. The van der Waals surface area contributed by atoms with Gasteiger partial charge in [-0.1, -0.05) is 47.5 Å². The first kappa shape index (κ1) is 19.9. The SMILES string of the molecule is C=C1[C@H](C(=O)Nc2c(C)cc(C)cc2C)[C@H]1C(=O)Nc1c(C)cc(C)cc1C. The summed E-state index contributed by atoms with van der Waals surface area (Å²) < 4.78 is 0. The Balaban J connectivity index is 1.72. The second kappa shape index (κ2) is 7.27. The van der Waals surface area contributed by atoms with E-state index in [1.54, 1.807) is 0 Å². The summed E-state index contributed by atoms with van der Waals surface area (Å²) in [4.78, 5) is 25.5. The molecular formula is C24H28N2O2. The third-order valence-corrected chi connectivity index (χ3v) is 5.44. The first-order valence-corrected chi connectivity index (χ1v) is 9.56. The number of benzene rings is 2. The quantitative estimate of drug-likeness (QED) is 0.745. The Labute approximate surface area is 167 Å². The van der Waals surface area contributed by atoms with Crippen molar-refractivity contribution in [2.75, 3.05) is 10.6 Å². The Bertz CT molecular complexity index is 878. The summed E-state index contributed by atoms with van der Waals surface area (Å²) in [5.41, 5.74) is 8.69. The van der Waals surface area contributed by atoms with Gasteiger partial charge in [-0.3, -0.25) is 9.59 Å². The number of hydrogen-bond acceptors (Lipinski definition) is 2. The Morgan fingerprint density at radius 3 is 1.25 bits per heavy atom. The zero-order chi connectivity index (χ0) is 20.7. The molecule has 2 N–H and O–H groups in total. The molecule has 2 aromatic rings. The minimum atomic E-state index is -0.480. The fourth-order valence-corrected chi connectivity index (χ4v) is 4.11. The summed E-state index contributed by atoms with van der Waals surface area (Å²) in [5.74, 6) is -1.30. The van der Waals surface area contributed by atoms with Crippen LogP contribution in [0.15, 0.2) is 36.4 Å². The van der Waals surface area contributed by atoms with Gasteiger partial charge >= 0.3 is 0 Å². The maximum absolute atomic E-state index is 12.8. The summed E-state index contributed by atoms with van der Waals surface area (Å²) in [7, 11) is 0. The third-order valence-electron chi connectivity index (χ3n) is 5.44. The molecule has 0 heterocycles. The monoisotopic (exact) mass is 376 g/mol. The lowest BCUT2D eigenvalue weighted by molar-refractivity contribution is -0.122. The molecular weight excluding hydrogens is 348 g/mol. The van der Waals surface area contributed by atoms with E-state index >= 15 is 0 Å². The van der Waals surface area contributed by atoms with Gasteiger partial charge in [-0.15, -0.1) is 0 Å². The predicted molar refractivity (Wildman–Crippen MR) is 115 cm³/mol. The van der Waals surface area contributed by atoms with Crippen molar-refractivity contribution < 1.29 is 9.59 Å². The van der Waals surface area contributed by atoms with Crippen molar-refractivity contribution in [3.63, 3.8) is 0 Å². The van der Waals surface area contributed by atoms with E-state index in [1.165, 1.54) is 0 Å². The first-order valence-electron chi connectivity index (χ1n) is 9.56. The highest BCUT2D eigenvalue weighted by atomic mass is 16.2. The zero-order valence-corrected chi connectivity index (χ0v) is 17.5. The summed E-state index contributed by atoms with van der Waals surface area (Å²) in [6.07, 6.45) is 0. The Kier molecular flexibility index (Phi) is 5.16. The van der Waals surface area contributed by atoms with Crippen molar-refractivity contribution >= 4 is 23.2 Å². The van der Waals surface area contributed by atoms with Gasteiger partial charge < -0.3 is 10.6 Å². The van der Waals surface area contributed by atoms with Crippen LogP contribution in [0.5, 0.6) is 0 Å². The van der Waals surface area contributed by atoms with Gasteiger partial charge in [0.05, 0.1) is 11.8 Å². The molecule has 1 aliphatic carbocycles. The normalized spacial score (nSPS) is 18.0. The van der Waals surface area contributed by atoms with Crippen LogP contribution in [-0.4, -0.2) is 11.8 Å². The van der Waals surface area contributed by atoms with Crippen molar-refractivity contribution in [2.24, 2.45) is 11.8 Å². The maximum atomic E-state index is 12.8. The molecule has 3 rings (SSSR count). The Morgan fingerprint density at radius 1 is 0.679 bits per heavy atom. The molecule has 2 amide bonds. The molecule has 0 bridgehead atoms. The molecule has 2 atom stereocenters. The van der Waals surface area contributed by atoms with Crippen LogP contribution in [0.3, 0.4) is 0 Å². The number of aryl methyl sites for hydroxylation is 6. The van der Waals surface area contributed by atoms with Crippen LogP contribution < -0.4 is 10.6 Å². The highest BCUT2D eigenvalue weighted by Gasteiger charge is 2.52. The van der Waals surface area contributed by atoms with E-state index in [1.807, 2.05) is 65.8 Å². The van der Waals surface area contributed by atoms with Crippen molar-refractivity contribution in [1.29, 1.82) is 0 Å². The number of hydrogen-bond donors (Lipinski definition) is 2. The van der Waals surface area contributed by atoms with E-state index in [0.717, 1.165) is 44.8 Å². The summed E-state index contributed by atoms with van der Waals surface area (Å²) in [5, 5.41) is 5.99. The van der Waals surface area contributed by atoms with E-state index in [2.05, 4.69) is 17.2 Å². The lowest BCUT2D eigenvalue weighted by Gasteiger charge is -2.14. The summed E-state index contributed by atoms with van der Waals surface area (Å²) in [6, 6.07) is 8.16. The third kappa shape index (κ3) is 3.72. The number of amides is 2. The van der Waals surface area contributed by atoms with Gasteiger partial charge in [-0.25, -0.2) is 0 Å². The lowest BCUT2D eigenvalue weighted by atomic mass is 10.0. The molecule has 28 heavy (non-hydrogen) atoms. The van der Waals surface area contributed by atoms with E-state index in [4.69, 9.17) is 0 Å². The number of rotatable bonds is 4. The molecule has 4 heteroatoms. The number of carbonyl (C=O) groups is 2. The molecule has 1 aliphatic rings. The molecule has 1 fully saturated rings. The highest BCUT2D eigenvalue weighted by molar-refractivity contribution is 6.08. The van der Waals surface area contributed by atoms with Crippen molar-refractivity contribution in [3.05, 3.63) is 69.8 Å². The van der Waals surface area contributed by atoms with Crippen molar-refractivity contribution in [3.8, 4) is 0 Å². The van der Waals surface area contributed by atoms with Crippen LogP contribution in [0.1, 0.15) is 33.4 Å². The van der Waals surface area contributed by atoms with Crippen LogP contribution >= 0.6 is 0 Å². The second-order valence-electron chi connectivity index (χ2n) is 8.06. The molecule has 0 spiro atoms. The van der Waals surface area contributed by atoms with Gasteiger partial charge in [0.15, 0.2) is 0 Å². The number of nitrogens with one attached hydrogen (secondary N) is 2. The smallest absolute Gasteiger partial charge is 0.232 e. The summed E-state index contributed by atoms with van der Waals surface area (Å²) in [6.45, 7) is 15.9. The molecule has 4 nitrogen and oxygen atoms in total. The van der Waals surface area contributed by atoms with Gasteiger partial charge in [0, 0.05) is 11.4 Å². The van der Waals surface area contributed by atoms with E-state index in [0.29, 0.717) is 5.57 Å². The predicted octanol–water partition coefficient (Wildman–Crippen LogP) is 4.92. The number of anilines is 2. The molecule has 146 valence electrons. The molecule has 0 aliphatic heterocycles. The number of carbonyl (C=O) groups excluding carboxylic acids is 2. The minimum Gasteiger partial charge on any atom is -0.325 e. The fraction of sp³-hybridized carbons (Fsp3) is 0.333. The van der Waals surface area contributed by atoms with Gasteiger partial charge in [0.2, 0.25) is 11.8 Å². The second-order valence-corrected chi connectivity index (χ2v) is 8.06. The Hall–Kier alpha value is -2.88. The van der Waals surface area contributed by atoms with Crippen molar-refractivity contribution in [1.82, 2.24) is 0 Å². The largest absolute Gasteiger partial charge is 0.325 e. The molecule has 0 aromatic heterocycles. The molecule has 0 unspecified atom stereocenters. The summed E-state index contributed by atoms with van der Waals surface area (Å²) >= 11 is 0. The molecule has 0 radical (unpaired) electrons. The van der Waals surface area contributed by atoms with Crippen LogP contribution in [0.4, 0.5) is 11.4 Å². The van der Waals surface area contributed by atoms with E-state index in [9.17, 15) is 9.59 Å². The standard InChI is InChI=1S/C24H28N2O2/c1-12-8-14(3)21(15(4)9-12)25-23(27)19-18(7)20(19)24(28)26-22-16(5)10-13(2)11-17(22)6/h8-11,19-20H,7H2,1-6H3,(H,25,27)(H,26,28)/t19-,20-/m0/s1. The van der Waals surface area contributed by atoms with Gasteiger partial charge in [-0.05, 0) is 63.8 Å². The van der Waals surface area contributed by atoms with Gasteiger partial charge in [0.1, 0.15) is 0 Å². The average molecular weight is 377 g/mol. The highest BCUT2D eigenvalue weighted by Crippen LogP contribution is 2.46. The van der Waals surface area contributed by atoms with Crippen LogP contribution in [0.2, 0.25) is 0 Å². The average Bonchev–Trinajstić information content (AvgIpc) is 3.25. The van der Waals surface area contributed by atoms with Gasteiger partial charge in [-0.2, -0.15) is 0 Å². The molecule has 0 saturated heterocycles. The molecule has 2 aromatic carbocycles. The molecule has 1 saturated carbocycles. The topological polar surface area (TPSA) is 58.2 Å². The Morgan fingerprint density at radius 2 is 0.964 bits per heavy atom.